The third-order valence-corrected chi connectivity index (χ3v) is 5.94. The van der Waals surface area contributed by atoms with E-state index in [0.29, 0.717) is 0 Å². The Morgan fingerprint density at radius 3 is 1.73 bits per heavy atom. The molecule has 134 valence electrons. The largest absolute Gasteiger partial charge is 0.501 e. The molecule has 22 heavy (non-hydrogen) atoms. The van der Waals surface area contributed by atoms with Gasteiger partial charge in [-0.3, -0.25) is 0 Å². The van der Waals surface area contributed by atoms with Gasteiger partial charge in [-0.1, -0.05) is 20.8 Å². The smallest absolute Gasteiger partial charge is 0.380 e. The highest BCUT2D eigenvalue weighted by Crippen LogP contribution is 2.19. The first-order chi connectivity index (χ1) is 10.7. The summed E-state index contributed by atoms with van der Waals surface area (Å²) in [5.74, 6) is 0. The molecule has 0 fully saturated rings. The van der Waals surface area contributed by atoms with Crippen LogP contribution in [0.25, 0.3) is 0 Å². The highest BCUT2D eigenvalue weighted by Gasteiger charge is 2.40. The monoisotopic (exact) mass is 335 g/mol. The van der Waals surface area contributed by atoms with Crippen LogP contribution < -0.4 is 5.32 Å². The van der Waals surface area contributed by atoms with Gasteiger partial charge < -0.3 is 23.3 Å². The Kier molecular flexibility index (Phi) is 15.9. The summed E-state index contributed by atoms with van der Waals surface area (Å²) >= 11 is 0. The zero-order valence-corrected chi connectivity index (χ0v) is 16.1. The number of ether oxygens (including phenoxy) is 1. The van der Waals surface area contributed by atoms with Gasteiger partial charge in [-0.2, -0.15) is 0 Å². The first-order valence-electron chi connectivity index (χ1n) is 8.94. The van der Waals surface area contributed by atoms with Crippen molar-refractivity contribution >= 4 is 8.80 Å². The van der Waals surface area contributed by atoms with Crippen molar-refractivity contribution in [2.24, 2.45) is 0 Å². The van der Waals surface area contributed by atoms with Crippen LogP contribution in [0.5, 0.6) is 0 Å². The van der Waals surface area contributed by atoms with E-state index in [1.54, 1.807) is 0 Å². The number of hydrogen-bond donors (Lipinski definition) is 1. The molecule has 0 spiro atoms. The quantitative estimate of drug-likeness (QED) is 0.327. The Labute approximate surface area is 138 Å². The molecule has 5 nitrogen and oxygen atoms in total. The fourth-order valence-corrected chi connectivity index (χ4v) is 4.80. The van der Waals surface area contributed by atoms with Gasteiger partial charge in [0.1, 0.15) is 0 Å². The minimum Gasteiger partial charge on any atom is -0.380 e. The first kappa shape index (κ1) is 22.0. The summed E-state index contributed by atoms with van der Waals surface area (Å²) in [6, 6.07) is 0.884. The van der Waals surface area contributed by atoms with E-state index in [0.717, 1.165) is 77.9 Å². The van der Waals surface area contributed by atoms with Gasteiger partial charge in [-0.25, -0.2) is 0 Å². The van der Waals surface area contributed by atoms with E-state index in [-0.39, 0.29) is 0 Å². The van der Waals surface area contributed by atoms with E-state index in [4.69, 9.17) is 18.0 Å². The highest BCUT2D eigenvalue weighted by atomic mass is 28.4. The lowest BCUT2D eigenvalue weighted by Crippen LogP contribution is -2.47. The fraction of sp³-hybridized carbons (Fsp3) is 1.00. The van der Waals surface area contributed by atoms with Crippen molar-refractivity contribution < 1.29 is 18.0 Å². The van der Waals surface area contributed by atoms with Crippen molar-refractivity contribution in [3.8, 4) is 0 Å². The van der Waals surface area contributed by atoms with Crippen LogP contribution >= 0.6 is 0 Å². The SMILES string of the molecule is CCCO[Si](CCCNCCOCC)(OCCC)OCCC. The number of hydrogen-bond acceptors (Lipinski definition) is 5. The normalized spacial score (nSPS) is 12.0. The van der Waals surface area contributed by atoms with Gasteiger partial charge in [0.05, 0.1) is 6.61 Å². The molecular formula is C16H37NO4Si. The predicted octanol–water partition coefficient (Wildman–Crippen LogP) is 3.22. The molecule has 0 aromatic heterocycles. The lowest BCUT2D eigenvalue weighted by Gasteiger charge is -2.29. The number of nitrogens with one attached hydrogen (secondary N) is 1. The van der Waals surface area contributed by atoms with Crippen molar-refractivity contribution in [1.29, 1.82) is 0 Å². The van der Waals surface area contributed by atoms with E-state index in [1.165, 1.54) is 0 Å². The summed E-state index contributed by atoms with van der Waals surface area (Å²) in [5, 5.41) is 3.39. The van der Waals surface area contributed by atoms with Gasteiger partial charge in [-0.15, -0.1) is 0 Å². The molecule has 0 amide bonds. The lowest BCUT2D eigenvalue weighted by atomic mass is 10.5. The molecule has 0 heterocycles. The summed E-state index contributed by atoms with van der Waals surface area (Å²) in [6.45, 7) is 13.9. The maximum atomic E-state index is 6.07. The third kappa shape index (κ3) is 11.6. The van der Waals surface area contributed by atoms with Gasteiger partial charge in [-0.05, 0) is 39.2 Å². The van der Waals surface area contributed by atoms with Crippen LogP contribution in [-0.2, 0) is 18.0 Å². The Balaban J connectivity index is 4.21. The minimum atomic E-state index is -2.51. The standard InChI is InChI=1S/C16H37NO4Si/c1-5-12-19-22(20-13-6-2,21-14-7-3)16-9-10-17-11-15-18-8-4/h17H,5-16H2,1-4H3. The molecule has 0 aromatic carbocycles. The second-order valence-corrected chi connectivity index (χ2v) is 8.01. The Bertz CT molecular complexity index is 210. The van der Waals surface area contributed by atoms with Crippen molar-refractivity contribution in [2.45, 2.75) is 59.4 Å². The molecule has 6 heteroatoms. The van der Waals surface area contributed by atoms with E-state index in [2.05, 4.69) is 26.1 Å². The van der Waals surface area contributed by atoms with Crippen LogP contribution in [0.2, 0.25) is 6.04 Å². The molecule has 0 aliphatic rings. The summed E-state index contributed by atoms with van der Waals surface area (Å²) in [6.07, 6.45) is 3.99. The highest BCUT2D eigenvalue weighted by molar-refractivity contribution is 6.60. The predicted molar refractivity (Wildman–Crippen MR) is 93.3 cm³/mol. The van der Waals surface area contributed by atoms with E-state index >= 15 is 0 Å². The van der Waals surface area contributed by atoms with E-state index < -0.39 is 8.80 Å². The maximum Gasteiger partial charge on any atom is 0.501 e. The van der Waals surface area contributed by atoms with Gasteiger partial charge in [0.2, 0.25) is 0 Å². The molecule has 0 aromatic rings. The number of rotatable bonds is 17. The molecule has 0 saturated carbocycles. The minimum absolute atomic E-state index is 0.720. The van der Waals surface area contributed by atoms with Crippen molar-refractivity contribution in [3.63, 3.8) is 0 Å². The molecule has 0 radical (unpaired) electrons. The lowest BCUT2D eigenvalue weighted by molar-refractivity contribution is 0.0587. The molecule has 0 saturated heterocycles. The molecule has 1 N–H and O–H groups in total. The topological polar surface area (TPSA) is 49.0 Å². The van der Waals surface area contributed by atoms with Crippen LogP contribution in [0.3, 0.4) is 0 Å². The van der Waals surface area contributed by atoms with E-state index in [1.807, 2.05) is 6.92 Å². The van der Waals surface area contributed by atoms with Crippen LogP contribution in [0, 0.1) is 0 Å². The molecule has 0 bridgehead atoms. The molecule has 0 atom stereocenters. The average molecular weight is 336 g/mol. The maximum absolute atomic E-state index is 6.07. The van der Waals surface area contributed by atoms with Crippen LogP contribution in [0.15, 0.2) is 0 Å². The van der Waals surface area contributed by atoms with Crippen molar-refractivity contribution in [2.75, 3.05) is 46.1 Å². The van der Waals surface area contributed by atoms with Crippen LogP contribution in [0.1, 0.15) is 53.4 Å². The third-order valence-electron chi connectivity index (χ3n) is 3.04. The fourth-order valence-electron chi connectivity index (χ4n) is 1.96. The van der Waals surface area contributed by atoms with E-state index in [9.17, 15) is 0 Å². The van der Waals surface area contributed by atoms with Gasteiger partial charge in [0.15, 0.2) is 0 Å². The van der Waals surface area contributed by atoms with Gasteiger partial charge in [0, 0.05) is 39.0 Å². The second kappa shape index (κ2) is 15.9. The summed E-state index contributed by atoms with van der Waals surface area (Å²) < 4.78 is 23.5. The molecule has 0 unspecified atom stereocenters. The molecule has 0 aliphatic carbocycles. The zero-order chi connectivity index (χ0) is 16.5. The molecule has 0 aliphatic heterocycles. The van der Waals surface area contributed by atoms with Gasteiger partial charge >= 0.3 is 8.80 Å². The molecule has 0 rings (SSSR count). The Hall–Kier alpha value is 0.0169. The van der Waals surface area contributed by atoms with Crippen molar-refractivity contribution in [3.05, 3.63) is 0 Å². The zero-order valence-electron chi connectivity index (χ0n) is 15.1. The average Bonchev–Trinajstić information content (AvgIpc) is 2.55. The van der Waals surface area contributed by atoms with Crippen molar-refractivity contribution in [1.82, 2.24) is 5.32 Å². The van der Waals surface area contributed by atoms with Crippen LogP contribution in [-0.4, -0.2) is 54.9 Å². The second-order valence-electron chi connectivity index (χ2n) is 5.28. The first-order valence-corrected chi connectivity index (χ1v) is 10.9. The summed E-state index contributed by atoms with van der Waals surface area (Å²) in [5.41, 5.74) is 0. The summed E-state index contributed by atoms with van der Waals surface area (Å²) in [7, 11) is -2.51. The Morgan fingerprint density at radius 1 is 0.727 bits per heavy atom. The molecular weight excluding hydrogens is 298 g/mol. The Morgan fingerprint density at radius 2 is 1.27 bits per heavy atom. The van der Waals surface area contributed by atoms with Crippen LogP contribution in [0.4, 0.5) is 0 Å². The summed E-state index contributed by atoms with van der Waals surface area (Å²) in [4.78, 5) is 0. The van der Waals surface area contributed by atoms with Gasteiger partial charge in [0.25, 0.3) is 0 Å².